The first-order valence-corrected chi connectivity index (χ1v) is 8.48. The summed E-state index contributed by atoms with van der Waals surface area (Å²) < 4.78 is 32.6. The van der Waals surface area contributed by atoms with Gasteiger partial charge in [0.25, 0.3) is 16.1 Å². The smallest absolute Gasteiger partial charge is 0.279 e. The van der Waals surface area contributed by atoms with Gasteiger partial charge in [0.2, 0.25) is 0 Å². The fraction of sp³-hybridized carbons (Fsp3) is 0.500. The number of para-hydroxylation sites is 1. The number of ether oxygens (including phenoxy) is 1. The quantitative estimate of drug-likeness (QED) is 0.801. The molecule has 122 valence electrons. The zero-order chi connectivity index (χ0) is 16.2. The summed E-state index contributed by atoms with van der Waals surface area (Å²) in [4.78, 5) is 13.7. The fourth-order valence-electron chi connectivity index (χ4n) is 2.15. The van der Waals surface area contributed by atoms with Crippen molar-refractivity contribution in [2.75, 3.05) is 33.8 Å². The molecule has 1 amide bonds. The third-order valence-electron chi connectivity index (χ3n) is 3.44. The summed E-state index contributed by atoms with van der Waals surface area (Å²) in [6.07, 6.45) is 0.601. The molecule has 1 aliphatic rings. The van der Waals surface area contributed by atoms with Crippen LogP contribution in [0.4, 0.5) is 0 Å². The minimum atomic E-state index is -3.47. The first-order valence-electron chi connectivity index (χ1n) is 7.04. The highest BCUT2D eigenvalue weighted by atomic mass is 32.2. The van der Waals surface area contributed by atoms with Gasteiger partial charge in [0.15, 0.2) is 6.61 Å². The molecule has 1 N–H and O–H groups in total. The van der Waals surface area contributed by atoms with Crippen molar-refractivity contribution in [2.24, 2.45) is 0 Å². The van der Waals surface area contributed by atoms with Gasteiger partial charge in [0, 0.05) is 33.2 Å². The zero-order valence-electron chi connectivity index (χ0n) is 12.7. The number of carbonyl (C=O) groups excluding carboxylic acids is 1. The van der Waals surface area contributed by atoms with Gasteiger partial charge >= 0.3 is 0 Å². The van der Waals surface area contributed by atoms with E-state index < -0.39 is 10.2 Å². The predicted molar refractivity (Wildman–Crippen MR) is 82.7 cm³/mol. The van der Waals surface area contributed by atoms with E-state index in [9.17, 15) is 13.2 Å². The predicted octanol–water partition coefficient (Wildman–Crippen LogP) is 0.0623. The van der Waals surface area contributed by atoms with Crippen molar-refractivity contribution in [3.05, 3.63) is 30.3 Å². The second-order valence-corrected chi connectivity index (χ2v) is 7.25. The Morgan fingerprint density at radius 2 is 2.05 bits per heavy atom. The summed E-state index contributed by atoms with van der Waals surface area (Å²) in [7, 11) is -0.540. The van der Waals surface area contributed by atoms with Gasteiger partial charge in [-0.2, -0.15) is 17.4 Å². The number of nitrogens with one attached hydrogen (secondary N) is 1. The van der Waals surface area contributed by atoms with Crippen LogP contribution < -0.4 is 9.46 Å². The van der Waals surface area contributed by atoms with Gasteiger partial charge in [-0.1, -0.05) is 18.2 Å². The molecule has 7 nitrogen and oxygen atoms in total. The van der Waals surface area contributed by atoms with E-state index in [1.807, 2.05) is 18.2 Å². The van der Waals surface area contributed by atoms with Crippen LogP contribution in [0.3, 0.4) is 0 Å². The molecule has 22 heavy (non-hydrogen) atoms. The van der Waals surface area contributed by atoms with Crippen molar-refractivity contribution < 1.29 is 17.9 Å². The average molecular weight is 327 g/mol. The van der Waals surface area contributed by atoms with Crippen molar-refractivity contribution >= 4 is 16.1 Å². The van der Waals surface area contributed by atoms with Crippen LogP contribution in [0, 0.1) is 0 Å². The Hall–Kier alpha value is -1.64. The minimum Gasteiger partial charge on any atom is -0.484 e. The van der Waals surface area contributed by atoms with Crippen LogP contribution in [0.5, 0.6) is 5.75 Å². The van der Waals surface area contributed by atoms with E-state index in [0.29, 0.717) is 25.3 Å². The lowest BCUT2D eigenvalue weighted by atomic mass is 10.3. The van der Waals surface area contributed by atoms with Crippen molar-refractivity contribution in [2.45, 2.75) is 12.5 Å². The Balaban J connectivity index is 1.81. The molecule has 0 radical (unpaired) electrons. The molecule has 1 aromatic rings. The molecule has 0 saturated carbocycles. The maximum atomic E-state index is 12.1. The second-order valence-electron chi connectivity index (χ2n) is 5.33. The van der Waals surface area contributed by atoms with Crippen LogP contribution in [0.25, 0.3) is 0 Å². The number of nitrogens with zero attached hydrogens (tertiary/aromatic N) is 2. The molecule has 1 fully saturated rings. The molecule has 0 aliphatic carbocycles. The number of rotatable bonds is 6. The summed E-state index contributed by atoms with van der Waals surface area (Å²) in [6, 6.07) is 8.85. The summed E-state index contributed by atoms with van der Waals surface area (Å²) in [6.45, 7) is 0.846. The summed E-state index contributed by atoms with van der Waals surface area (Å²) >= 11 is 0. The number of carbonyl (C=O) groups is 1. The molecular weight excluding hydrogens is 306 g/mol. The lowest BCUT2D eigenvalue weighted by Gasteiger charge is -2.19. The zero-order valence-corrected chi connectivity index (χ0v) is 13.5. The van der Waals surface area contributed by atoms with Gasteiger partial charge < -0.3 is 9.64 Å². The average Bonchev–Trinajstić information content (AvgIpc) is 2.93. The molecule has 1 aromatic carbocycles. The Morgan fingerprint density at radius 1 is 1.36 bits per heavy atom. The number of amides is 1. The third kappa shape index (κ3) is 4.43. The SMILES string of the molecule is CN(C)S(=O)(=O)N[C@@H]1CCN(C(=O)COc2ccccc2)C1. The second kappa shape index (κ2) is 7.08. The lowest BCUT2D eigenvalue weighted by Crippen LogP contribution is -2.44. The van der Waals surface area contributed by atoms with Crippen LogP contribution in [0.1, 0.15) is 6.42 Å². The van der Waals surface area contributed by atoms with Crippen LogP contribution in [0.15, 0.2) is 30.3 Å². The van der Waals surface area contributed by atoms with Crippen molar-refractivity contribution in [1.29, 1.82) is 0 Å². The molecule has 1 aliphatic heterocycles. The van der Waals surface area contributed by atoms with E-state index in [0.717, 1.165) is 4.31 Å². The molecule has 1 heterocycles. The highest BCUT2D eigenvalue weighted by Crippen LogP contribution is 2.13. The normalized spacial score (nSPS) is 18.7. The van der Waals surface area contributed by atoms with Gasteiger partial charge in [-0.05, 0) is 18.6 Å². The highest BCUT2D eigenvalue weighted by molar-refractivity contribution is 7.87. The number of hydrogen-bond donors (Lipinski definition) is 1. The maximum Gasteiger partial charge on any atom is 0.279 e. The van der Waals surface area contributed by atoms with E-state index in [2.05, 4.69) is 4.72 Å². The van der Waals surface area contributed by atoms with Crippen LogP contribution in [-0.2, 0) is 15.0 Å². The van der Waals surface area contributed by atoms with Gasteiger partial charge in [-0.3, -0.25) is 4.79 Å². The van der Waals surface area contributed by atoms with Gasteiger partial charge in [0.1, 0.15) is 5.75 Å². The van der Waals surface area contributed by atoms with Crippen LogP contribution in [0.2, 0.25) is 0 Å². The summed E-state index contributed by atoms with van der Waals surface area (Å²) in [5, 5.41) is 0. The van der Waals surface area contributed by atoms with Crippen molar-refractivity contribution in [1.82, 2.24) is 13.9 Å². The first kappa shape index (κ1) is 16.7. The van der Waals surface area contributed by atoms with Crippen LogP contribution in [-0.4, -0.2) is 63.4 Å². The van der Waals surface area contributed by atoms with Gasteiger partial charge in [-0.25, -0.2) is 0 Å². The molecule has 1 saturated heterocycles. The van der Waals surface area contributed by atoms with E-state index in [-0.39, 0.29) is 18.6 Å². The largest absolute Gasteiger partial charge is 0.484 e. The Bertz CT molecular complexity index is 604. The molecule has 1 atom stereocenters. The molecule has 8 heteroatoms. The fourth-order valence-corrected chi connectivity index (χ4v) is 2.98. The van der Waals surface area contributed by atoms with E-state index in [4.69, 9.17) is 4.74 Å². The number of benzene rings is 1. The Morgan fingerprint density at radius 3 is 2.68 bits per heavy atom. The standard InChI is InChI=1S/C14H21N3O4S/c1-16(2)22(19,20)15-12-8-9-17(10-12)14(18)11-21-13-6-4-3-5-7-13/h3-7,12,15H,8-11H2,1-2H3/t12-/m1/s1. The molecule has 2 rings (SSSR count). The molecule has 0 spiro atoms. The Kier molecular flexibility index (Phi) is 5.38. The summed E-state index contributed by atoms with van der Waals surface area (Å²) in [5.41, 5.74) is 0. The van der Waals surface area contributed by atoms with Crippen molar-refractivity contribution in [3.63, 3.8) is 0 Å². The topological polar surface area (TPSA) is 79.0 Å². The summed E-state index contributed by atoms with van der Waals surface area (Å²) in [5.74, 6) is 0.496. The number of hydrogen-bond acceptors (Lipinski definition) is 4. The third-order valence-corrected chi connectivity index (χ3v) is 5.04. The first-order chi connectivity index (χ1) is 10.4. The lowest BCUT2D eigenvalue weighted by molar-refractivity contribution is -0.132. The molecule has 0 bridgehead atoms. The van der Waals surface area contributed by atoms with E-state index in [1.54, 1.807) is 17.0 Å². The molecule has 0 aromatic heterocycles. The highest BCUT2D eigenvalue weighted by Gasteiger charge is 2.29. The van der Waals surface area contributed by atoms with Crippen molar-refractivity contribution in [3.8, 4) is 5.75 Å². The Labute approximate surface area is 131 Å². The molecule has 0 unspecified atom stereocenters. The number of likely N-dealkylation sites (tertiary alicyclic amines) is 1. The van der Waals surface area contributed by atoms with Crippen LogP contribution >= 0.6 is 0 Å². The molecular formula is C14H21N3O4S. The minimum absolute atomic E-state index is 0.0445. The van der Waals surface area contributed by atoms with E-state index in [1.165, 1.54) is 14.1 Å². The van der Waals surface area contributed by atoms with E-state index >= 15 is 0 Å². The monoisotopic (exact) mass is 327 g/mol. The maximum absolute atomic E-state index is 12.1. The van der Waals surface area contributed by atoms with Gasteiger partial charge in [-0.15, -0.1) is 0 Å². The van der Waals surface area contributed by atoms with Gasteiger partial charge in [0.05, 0.1) is 0 Å².